The number of hydrogen-bond acceptors (Lipinski definition) is 3. The fraction of sp³-hybridized carbons (Fsp3) is 0.0909. The number of rotatable bonds is 4. The van der Waals surface area contributed by atoms with Crippen molar-refractivity contribution >= 4 is 10.9 Å². The Morgan fingerprint density at radius 3 is 2.59 bits per heavy atom. The number of benzene rings is 2. The van der Waals surface area contributed by atoms with Crippen LogP contribution < -0.4 is 4.74 Å². The van der Waals surface area contributed by atoms with Crippen LogP contribution >= 0.6 is 0 Å². The van der Waals surface area contributed by atoms with E-state index in [4.69, 9.17) is 4.74 Å². The molecule has 4 rings (SSSR count). The molecule has 2 heterocycles. The molecule has 0 unspecified atom stereocenters. The van der Waals surface area contributed by atoms with Gasteiger partial charge in [0.15, 0.2) is 0 Å². The normalized spacial score (nSPS) is 11.4. The van der Waals surface area contributed by atoms with Crippen LogP contribution in [-0.2, 0) is 12.8 Å². The van der Waals surface area contributed by atoms with Crippen LogP contribution in [0.4, 0.5) is 13.2 Å². The van der Waals surface area contributed by atoms with Crippen LogP contribution in [0, 0.1) is 11.3 Å². The summed E-state index contributed by atoms with van der Waals surface area (Å²) < 4.78 is 43.7. The minimum Gasteiger partial charge on any atom is -0.489 e. The Labute approximate surface area is 164 Å². The van der Waals surface area contributed by atoms with Crippen LogP contribution in [0.3, 0.4) is 0 Å². The van der Waals surface area contributed by atoms with Gasteiger partial charge < -0.3 is 9.72 Å². The molecule has 0 bridgehead atoms. The molecule has 4 aromatic rings. The Morgan fingerprint density at radius 1 is 1.07 bits per heavy atom. The zero-order valence-corrected chi connectivity index (χ0v) is 15.0. The van der Waals surface area contributed by atoms with Crippen molar-refractivity contribution in [3.8, 4) is 22.9 Å². The first kappa shape index (κ1) is 18.6. The third-order valence-corrected chi connectivity index (χ3v) is 4.53. The van der Waals surface area contributed by atoms with Crippen molar-refractivity contribution in [3.05, 3.63) is 83.8 Å². The molecule has 29 heavy (non-hydrogen) atoms. The Bertz CT molecular complexity index is 1200. The van der Waals surface area contributed by atoms with Gasteiger partial charge in [-0.25, -0.2) is 4.98 Å². The number of aromatic amines is 1. The standard InChI is InChI=1S/C22H14F3N3O/c23-22(24,25)16-6-4-14(5-7-16)13-29-17-3-1-2-15(10-17)18-12-28-19-8-9-27-20(11-26)21(18)19/h1-10,12,28H,13H2. The molecule has 0 fully saturated rings. The van der Waals surface area contributed by atoms with Crippen LogP contribution in [0.25, 0.3) is 22.0 Å². The quantitative estimate of drug-likeness (QED) is 0.484. The number of nitriles is 1. The van der Waals surface area contributed by atoms with Gasteiger partial charge in [0, 0.05) is 23.3 Å². The molecule has 144 valence electrons. The number of nitrogens with zero attached hydrogens (tertiary/aromatic N) is 2. The molecule has 7 heteroatoms. The second-order valence-electron chi connectivity index (χ2n) is 6.41. The Morgan fingerprint density at radius 2 is 1.86 bits per heavy atom. The lowest BCUT2D eigenvalue weighted by Gasteiger charge is -2.10. The number of aromatic nitrogens is 2. The molecule has 0 aliphatic carbocycles. The van der Waals surface area contributed by atoms with E-state index in [1.165, 1.54) is 12.1 Å². The molecule has 0 saturated heterocycles. The number of H-pyrrole nitrogens is 1. The molecular weight excluding hydrogens is 379 g/mol. The predicted octanol–water partition coefficient (Wildman–Crippen LogP) is 5.70. The zero-order valence-electron chi connectivity index (χ0n) is 15.0. The predicted molar refractivity (Wildman–Crippen MR) is 102 cm³/mol. The van der Waals surface area contributed by atoms with Crippen LogP contribution in [0.2, 0.25) is 0 Å². The lowest BCUT2D eigenvalue weighted by molar-refractivity contribution is -0.137. The van der Waals surface area contributed by atoms with E-state index in [-0.39, 0.29) is 6.61 Å². The molecule has 2 aromatic carbocycles. The second kappa shape index (κ2) is 7.32. The van der Waals surface area contributed by atoms with Crippen LogP contribution in [0.5, 0.6) is 5.75 Å². The zero-order chi connectivity index (χ0) is 20.4. The number of halogens is 3. The van der Waals surface area contributed by atoms with E-state index in [0.29, 0.717) is 17.0 Å². The summed E-state index contributed by atoms with van der Waals surface area (Å²) in [5.74, 6) is 0.569. The molecule has 4 nitrogen and oxygen atoms in total. The Balaban J connectivity index is 1.57. The molecule has 0 amide bonds. The fourth-order valence-corrected chi connectivity index (χ4v) is 3.10. The number of nitrogens with one attached hydrogen (secondary N) is 1. The van der Waals surface area contributed by atoms with Crippen LogP contribution in [0.15, 0.2) is 67.0 Å². The molecule has 0 saturated carbocycles. The molecule has 0 spiro atoms. The highest BCUT2D eigenvalue weighted by atomic mass is 19.4. The Hall–Kier alpha value is -3.79. The van der Waals surface area contributed by atoms with Crippen molar-refractivity contribution in [2.24, 2.45) is 0 Å². The van der Waals surface area contributed by atoms with E-state index in [1.54, 1.807) is 18.3 Å². The molecule has 2 aromatic heterocycles. The third-order valence-electron chi connectivity index (χ3n) is 4.53. The smallest absolute Gasteiger partial charge is 0.416 e. The van der Waals surface area contributed by atoms with Crippen molar-refractivity contribution in [3.63, 3.8) is 0 Å². The van der Waals surface area contributed by atoms with E-state index in [2.05, 4.69) is 16.0 Å². The minimum atomic E-state index is -4.36. The van der Waals surface area contributed by atoms with Gasteiger partial charge in [-0.3, -0.25) is 0 Å². The van der Waals surface area contributed by atoms with Gasteiger partial charge in [-0.15, -0.1) is 0 Å². The summed E-state index contributed by atoms with van der Waals surface area (Å²) in [5, 5.41) is 10.1. The monoisotopic (exact) mass is 393 g/mol. The van der Waals surface area contributed by atoms with Gasteiger partial charge in [-0.05, 0) is 41.5 Å². The molecule has 0 atom stereocenters. The molecule has 0 aliphatic rings. The van der Waals surface area contributed by atoms with Crippen LogP contribution in [0.1, 0.15) is 16.8 Å². The molecule has 1 N–H and O–H groups in total. The van der Waals surface area contributed by atoms with Crippen molar-refractivity contribution in [2.75, 3.05) is 0 Å². The first-order valence-electron chi connectivity index (χ1n) is 8.71. The number of ether oxygens (including phenoxy) is 1. The van der Waals surface area contributed by atoms with Crippen LogP contribution in [-0.4, -0.2) is 9.97 Å². The number of alkyl halides is 3. The maximum absolute atomic E-state index is 12.7. The van der Waals surface area contributed by atoms with Crippen molar-refractivity contribution in [1.29, 1.82) is 5.26 Å². The van der Waals surface area contributed by atoms with Gasteiger partial charge in [0.05, 0.1) is 11.1 Å². The summed E-state index contributed by atoms with van der Waals surface area (Å²) in [6, 6.07) is 16.1. The molecule has 0 aliphatic heterocycles. The Kier molecular flexibility index (Phi) is 4.69. The lowest BCUT2D eigenvalue weighted by atomic mass is 10.0. The van der Waals surface area contributed by atoms with E-state index in [1.807, 2.05) is 24.4 Å². The van der Waals surface area contributed by atoms with Crippen molar-refractivity contribution < 1.29 is 17.9 Å². The van der Waals surface area contributed by atoms with E-state index >= 15 is 0 Å². The summed E-state index contributed by atoms with van der Waals surface area (Å²) in [7, 11) is 0. The minimum absolute atomic E-state index is 0.139. The highest BCUT2D eigenvalue weighted by molar-refractivity contribution is 5.98. The first-order valence-corrected chi connectivity index (χ1v) is 8.71. The van der Waals surface area contributed by atoms with E-state index < -0.39 is 11.7 Å². The highest BCUT2D eigenvalue weighted by Crippen LogP contribution is 2.32. The van der Waals surface area contributed by atoms with Gasteiger partial charge in [0.1, 0.15) is 24.1 Å². The summed E-state index contributed by atoms with van der Waals surface area (Å²) >= 11 is 0. The second-order valence-corrected chi connectivity index (χ2v) is 6.41. The maximum atomic E-state index is 12.7. The summed E-state index contributed by atoms with van der Waals surface area (Å²) in [6.45, 7) is 0.139. The third kappa shape index (κ3) is 3.78. The lowest BCUT2D eigenvalue weighted by Crippen LogP contribution is -2.05. The van der Waals surface area contributed by atoms with Crippen molar-refractivity contribution in [2.45, 2.75) is 12.8 Å². The summed E-state index contributed by atoms with van der Waals surface area (Å²) in [5.41, 5.74) is 2.74. The number of fused-ring (bicyclic) bond motifs is 1. The topological polar surface area (TPSA) is 61.7 Å². The van der Waals surface area contributed by atoms with E-state index in [9.17, 15) is 18.4 Å². The van der Waals surface area contributed by atoms with Gasteiger partial charge in [0.2, 0.25) is 0 Å². The average molecular weight is 393 g/mol. The first-order chi connectivity index (χ1) is 14.0. The fourth-order valence-electron chi connectivity index (χ4n) is 3.10. The van der Waals surface area contributed by atoms with Crippen molar-refractivity contribution in [1.82, 2.24) is 9.97 Å². The van der Waals surface area contributed by atoms with Gasteiger partial charge in [-0.2, -0.15) is 18.4 Å². The van der Waals surface area contributed by atoms with Gasteiger partial charge in [0.25, 0.3) is 0 Å². The summed E-state index contributed by atoms with van der Waals surface area (Å²) in [6.07, 6.45) is -0.975. The number of pyridine rings is 1. The van der Waals surface area contributed by atoms with Gasteiger partial charge >= 0.3 is 6.18 Å². The van der Waals surface area contributed by atoms with E-state index in [0.717, 1.165) is 34.2 Å². The SMILES string of the molecule is N#Cc1nccc2[nH]cc(-c3cccc(OCc4ccc(C(F)(F)F)cc4)c3)c12. The average Bonchev–Trinajstić information content (AvgIpc) is 3.16. The largest absolute Gasteiger partial charge is 0.489 e. The van der Waals surface area contributed by atoms with Gasteiger partial charge in [-0.1, -0.05) is 24.3 Å². The number of hydrogen-bond donors (Lipinski definition) is 1. The molecular formula is C22H14F3N3O. The maximum Gasteiger partial charge on any atom is 0.416 e. The highest BCUT2D eigenvalue weighted by Gasteiger charge is 2.29. The summed E-state index contributed by atoms with van der Waals surface area (Å²) in [4.78, 5) is 7.25. The molecule has 0 radical (unpaired) electrons.